The van der Waals surface area contributed by atoms with E-state index in [9.17, 15) is 4.79 Å². The predicted octanol–water partition coefficient (Wildman–Crippen LogP) is 3.26. The summed E-state index contributed by atoms with van der Waals surface area (Å²) in [5.74, 6) is -1.19. The minimum absolute atomic E-state index is 1.08. The van der Waals surface area contributed by atoms with Gasteiger partial charge in [-0.2, -0.15) is 0 Å². The van der Waals surface area contributed by atoms with Crippen LogP contribution in [-0.4, -0.2) is 52.3 Å². The maximum atomic E-state index is 9.45. The van der Waals surface area contributed by atoms with Crippen LogP contribution >= 0.6 is 0 Å². The molecule has 5 heteroatoms. The molecule has 1 unspecified atom stereocenters. The molecule has 1 atom stereocenters. The Labute approximate surface area is 135 Å². The number of carboxylic acids is 1. The van der Waals surface area contributed by atoms with Crippen LogP contribution in [0.25, 0.3) is 0 Å². The summed E-state index contributed by atoms with van der Waals surface area (Å²) in [4.78, 5) is 14.1. The second kappa shape index (κ2) is 13.4. The molecule has 0 aromatic rings. The fourth-order valence-electron chi connectivity index (χ4n) is 2.18. The van der Waals surface area contributed by atoms with E-state index >= 15 is 0 Å². The zero-order valence-electron chi connectivity index (χ0n) is 14.5. The van der Waals surface area contributed by atoms with Gasteiger partial charge in [-0.1, -0.05) is 51.9 Å². The largest absolute Gasteiger partial charge is 0.479 e. The lowest BCUT2D eigenvalue weighted by Crippen LogP contribution is -2.23. The molecule has 22 heavy (non-hydrogen) atoms. The van der Waals surface area contributed by atoms with E-state index in [-0.39, 0.29) is 0 Å². The molecule has 0 bridgehead atoms. The molecule has 0 aliphatic carbocycles. The average molecular weight is 314 g/mol. The molecule has 0 fully saturated rings. The number of nitrogens with zero attached hydrogens (tertiary/aromatic N) is 2. The van der Waals surface area contributed by atoms with Crippen molar-refractivity contribution in [3.63, 3.8) is 0 Å². The predicted molar refractivity (Wildman–Crippen MR) is 90.4 cm³/mol. The monoisotopic (exact) mass is 314 g/mol. The molecule has 0 aromatic carbocycles. The van der Waals surface area contributed by atoms with Crippen molar-refractivity contribution in [2.75, 3.05) is 20.3 Å². The number of carboxylic acid groups (broad SMARTS) is 1. The van der Waals surface area contributed by atoms with E-state index in [0.717, 1.165) is 6.67 Å². The van der Waals surface area contributed by atoms with Crippen molar-refractivity contribution in [1.82, 2.24) is 9.80 Å². The lowest BCUT2D eigenvalue weighted by atomic mass is 10.1. The van der Waals surface area contributed by atoms with Gasteiger partial charge in [0, 0.05) is 26.0 Å². The summed E-state index contributed by atoms with van der Waals surface area (Å²) in [6, 6.07) is 0. The standard InChI is InChI=1S/C14H28N2.C3H6O3/c1-3-4-5-6-7-8-9-10-11-16-13-12-15(2)14-16;1-2(4)3(5)6/h12-13H,3-11,14H2,1-2H3;2,4H,1H3,(H,5,6). The molecular formula is C17H34N2O3. The second-order valence-electron chi connectivity index (χ2n) is 6.00. The van der Waals surface area contributed by atoms with Crippen molar-refractivity contribution >= 4 is 5.97 Å². The van der Waals surface area contributed by atoms with Gasteiger partial charge in [-0.25, -0.2) is 4.79 Å². The summed E-state index contributed by atoms with van der Waals surface area (Å²) in [7, 11) is 2.13. The summed E-state index contributed by atoms with van der Waals surface area (Å²) in [5.41, 5.74) is 0. The first-order valence-electron chi connectivity index (χ1n) is 8.50. The highest BCUT2D eigenvalue weighted by Gasteiger charge is 2.06. The van der Waals surface area contributed by atoms with Crippen LogP contribution in [0, 0.1) is 0 Å². The Balaban J connectivity index is 0.000000626. The quantitative estimate of drug-likeness (QED) is 0.606. The van der Waals surface area contributed by atoms with Crippen molar-refractivity contribution in [2.24, 2.45) is 0 Å². The van der Waals surface area contributed by atoms with Crippen LogP contribution in [0.4, 0.5) is 0 Å². The van der Waals surface area contributed by atoms with Gasteiger partial charge in [-0.05, 0) is 13.3 Å². The summed E-state index contributed by atoms with van der Waals surface area (Å²) in [6.07, 6.45) is 14.4. The minimum atomic E-state index is -1.23. The van der Waals surface area contributed by atoms with Gasteiger partial charge in [0.25, 0.3) is 0 Å². The van der Waals surface area contributed by atoms with Crippen molar-refractivity contribution in [3.8, 4) is 0 Å². The molecule has 0 saturated heterocycles. The number of rotatable bonds is 10. The van der Waals surface area contributed by atoms with Crippen molar-refractivity contribution in [2.45, 2.75) is 71.3 Å². The molecule has 2 N–H and O–H groups in total. The van der Waals surface area contributed by atoms with Crippen LogP contribution < -0.4 is 0 Å². The Kier molecular flexibility index (Phi) is 12.7. The number of aliphatic hydroxyl groups excluding tert-OH is 1. The van der Waals surface area contributed by atoms with Crippen LogP contribution in [0.5, 0.6) is 0 Å². The van der Waals surface area contributed by atoms with E-state index in [1.54, 1.807) is 0 Å². The zero-order chi connectivity index (χ0) is 16.8. The maximum Gasteiger partial charge on any atom is 0.332 e. The maximum absolute atomic E-state index is 9.45. The molecule has 1 aliphatic heterocycles. The molecule has 1 rings (SSSR count). The van der Waals surface area contributed by atoms with Crippen LogP contribution in [0.1, 0.15) is 65.2 Å². The molecule has 0 radical (unpaired) electrons. The summed E-state index contributed by atoms with van der Waals surface area (Å²) < 4.78 is 0. The third kappa shape index (κ3) is 12.5. The number of hydrogen-bond acceptors (Lipinski definition) is 4. The lowest BCUT2D eigenvalue weighted by Gasteiger charge is -2.17. The van der Waals surface area contributed by atoms with Gasteiger partial charge in [-0.15, -0.1) is 0 Å². The van der Waals surface area contributed by atoms with Crippen molar-refractivity contribution in [3.05, 3.63) is 12.4 Å². The summed E-state index contributed by atoms with van der Waals surface area (Å²) >= 11 is 0. The van der Waals surface area contributed by atoms with E-state index in [2.05, 4.69) is 36.2 Å². The molecule has 1 heterocycles. The van der Waals surface area contributed by atoms with E-state index in [4.69, 9.17) is 10.2 Å². The smallest absolute Gasteiger partial charge is 0.332 e. The van der Waals surface area contributed by atoms with E-state index in [1.165, 1.54) is 64.8 Å². The van der Waals surface area contributed by atoms with Gasteiger partial charge in [0.2, 0.25) is 0 Å². The van der Waals surface area contributed by atoms with Gasteiger partial charge in [0.1, 0.15) is 6.10 Å². The Hall–Kier alpha value is -1.23. The Morgan fingerprint density at radius 1 is 1.09 bits per heavy atom. The second-order valence-corrected chi connectivity index (χ2v) is 6.00. The highest BCUT2D eigenvalue weighted by atomic mass is 16.4. The number of hydrogen-bond donors (Lipinski definition) is 2. The molecule has 5 nitrogen and oxygen atoms in total. The topological polar surface area (TPSA) is 64.0 Å². The molecule has 0 aromatic heterocycles. The van der Waals surface area contributed by atoms with Crippen molar-refractivity contribution in [1.29, 1.82) is 0 Å². The normalized spacial score (nSPS) is 14.7. The number of carbonyl (C=O) groups is 1. The summed E-state index contributed by atoms with van der Waals surface area (Å²) in [5, 5.41) is 15.8. The molecule has 0 spiro atoms. The van der Waals surface area contributed by atoms with Gasteiger partial charge in [-0.3, -0.25) is 0 Å². The third-order valence-electron chi connectivity index (χ3n) is 3.59. The number of aliphatic carboxylic acids is 1. The number of unbranched alkanes of at least 4 members (excludes halogenated alkanes) is 7. The molecule has 130 valence electrons. The van der Waals surface area contributed by atoms with Gasteiger partial charge in [0.05, 0.1) is 6.67 Å². The highest BCUT2D eigenvalue weighted by molar-refractivity contribution is 5.71. The van der Waals surface area contributed by atoms with Crippen LogP contribution in [0.2, 0.25) is 0 Å². The van der Waals surface area contributed by atoms with Gasteiger partial charge in [0.15, 0.2) is 0 Å². The minimum Gasteiger partial charge on any atom is -0.479 e. The highest BCUT2D eigenvalue weighted by Crippen LogP contribution is 2.10. The molecular weight excluding hydrogens is 280 g/mol. The first-order chi connectivity index (χ1) is 10.5. The molecule has 0 saturated carbocycles. The van der Waals surface area contributed by atoms with Crippen LogP contribution in [-0.2, 0) is 4.79 Å². The Morgan fingerprint density at radius 3 is 2.00 bits per heavy atom. The fourth-order valence-corrected chi connectivity index (χ4v) is 2.18. The SMILES string of the molecule is CC(O)C(=O)O.CCCCCCCCCCN1C=CN(C)C1. The van der Waals surface area contributed by atoms with E-state index in [1.807, 2.05) is 0 Å². The fraction of sp³-hybridized carbons (Fsp3) is 0.824. The van der Waals surface area contributed by atoms with Gasteiger partial charge >= 0.3 is 5.97 Å². The lowest BCUT2D eigenvalue weighted by molar-refractivity contribution is -0.145. The van der Waals surface area contributed by atoms with Crippen molar-refractivity contribution < 1.29 is 15.0 Å². The third-order valence-corrected chi connectivity index (χ3v) is 3.59. The van der Waals surface area contributed by atoms with Crippen LogP contribution in [0.3, 0.4) is 0 Å². The first-order valence-corrected chi connectivity index (χ1v) is 8.50. The summed E-state index contributed by atoms with van der Waals surface area (Å²) in [6.45, 7) is 5.79. The zero-order valence-corrected chi connectivity index (χ0v) is 14.5. The average Bonchev–Trinajstić information content (AvgIpc) is 2.88. The Bertz CT molecular complexity index is 306. The first kappa shape index (κ1) is 20.8. The van der Waals surface area contributed by atoms with E-state index < -0.39 is 12.1 Å². The van der Waals surface area contributed by atoms with Gasteiger partial charge < -0.3 is 20.0 Å². The number of aliphatic hydroxyl groups is 1. The Morgan fingerprint density at radius 2 is 1.59 bits per heavy atom. The molecule has 0 amide bonds. The molecule has 1 aliphatic rings. The van der Waals surface area contributed by atoms with E-state index in [0.29, 0.717) is 0 Å². The van der Waals surface area contributed by atoms with Crippen LogP contribution in [0.15, 0.2) is 12.4 Å².